The molecule has 3 fully saturated rings. The lowest BCUT2D eigenvalue weighted by Crippen LogP contribution is -2.69. The quantitative estimate of drug-likeness (QED) is 0.630. The van der Waals surface area contributed by atoms with Gasteiger partial charge in [0.1, 0.15) is 0 Å². The molecule has 0 aromatic heterocycles. The number of hydrogen-bond donors (Lipinski definition) is 1. The molecular formula is C9H16N2O2. The molecule has 0 spiro atoms. The number of hydrogen-bond acceptors (Lipinski definition) is 3. The van der Waals surface area contributed by atoms with Gasteiger partial charge in [-0.1, -0.05) is 0 Å². The fraction of sp³-hybridized carbons (Fsp3) is 0.889. The minimum absolute atomic E-state index is 0.137. The van der Waals surface area contributed by atoms with Gasteiger partial charge in [-0.05, 0) is 19.9 Å². The molecule has 0 aliphatic carbocycles. The molecule has 0 radical (unpaired) electrons. The maximum atomic E-state index is 11.7. The molecule has 3 aliphatic rings. The summed E-state index contributed by atoms with van der Waals surface area (Å²) in [5.74, 6) is 0.249. The van der Waals surface area contributed by atoms with Crippen LogP contribution in [0.15, 0.2) is 0 Å². The number of piperazine rings is 1. The van der Waals surface area contributed by atoms with Crippen molar-refractivity contribution in [3.05, 3.63) is 0 Å². The van der Waals surface area contributed by atoms with Crippen molar-refractivity contribution in [2.45, 2.75) is 24.9 Å². The second kappa shape index (κ2) is 3.27. The van der Waals surface area contributed by atoms with Gasteiger partial charge in [-0.25, -0.2) is 0 Å². The van der Waals surface area contributed by atoms with E-state index in [1.165, 1.54) is 0 Å². The van der Waals surface area contributed by atoms with E-state index in [1.807, 2.05) is 11.9 Å². The summed E-state index contributed by atoms with van der Waals surface area (Å²) in [5.41, 5.74) is 0. The van der Waals surface area contributed by atoms with Crippen LogP contribution in [-0.2, 0) is 4.79 Å². The number of rotatable bonds is 3. The van der Waals surface area contributed by atoms with Crippen LogP contribution in [0.25, 0.3) is 0 Å². The maximum absolute atomic E-state index is 11.7. The van der Waals surface area contributed by atoms with Crippen molar-refractivity contribution < 1.29 is 9.90 Å². The van der Waals surface area contributed by atoms with Crippen molar-refractivity contribution in [2.75, 3.05) is 26.7 Å². The monoisotopic (exact) mass is 184 g/mol. The molecule has 2 bridgehead atoms. The normalized spacial score (nSPS) is 33.4. The van der Waals surface area contributed by atoms with E-state index in [1.54, 1.807) is 0 Å². The van der Waals surface area contributed by atoms with Crippen LogP contribution in [-0.4, -0.2) is 59.6 Å². The van der Waals surface area contributed by atoms with E-state index in [0.717, 1.165) is 19.5 Å². The van der Waals surface area contributed by atoms with Gasteiger partial charge < -0.3 is 10.0 Å². The van der Waals surface area contributed by atoms with Crippen LogP contribution >= 0.6 is 0 Å². The highest BCUT2D eigenvalue weighted by Gasteiger charge is 2.47. The second-order valence-corrected chi connectivity index (χ2v) is 3.93. The number of fused-ring (bicyclic) bond motifs is 2. The molecule has 3 aliphatic heterocycles. The summed E-state index contributed by atoms with van der Waals surface area (Å²) in [6.07, 6.45) is 1.74. The summed E-state index contributed by atoms with van der Waals surface area (Å²) in [6, 6.07) is 0.707. The Bertz CT molecular complexity index is 220. The van der Waals surface area contributed by atoms with Gasteiger partial charge in [0.05, 0.1) is 6.04 Å². The van der Waals surface area contributed by atoms with Crippen LogP contribution < -0.4 is 0 Å². The lowest BCUT2D eigenvalue weighted by Gasteiger charge is -2.53. The Morgan fingerprint density at radius 1 is 1.62 bits per heavy atom. The number of amides is 1. The summed E-state index contributed by atoms with van der Waals surface area (Å²) < 4.78 is 0. The number of piperidine rings is 1. The average Bonchev–Trinajstić information content (AvgIpc) is 2.14. The van der Waals surface area contributed by atoms with E-state index in [-0.39, 0.29) is 18.6 Å². The first-order valence-corrected chi connectivity index (χ1v) is 4.85. The molecular weight excluding hydrogens is 168 g/mol. The lowest BCUT2D eigenvalue weighted by atomic mass is 9.87. The Morgan fingerprint density at radius 2 is 2.38 bits per heavy atom. The average molecular weight is 184 g/mol. The Kier molecular flexibility index (Phi) is 2.26. The topological polar surface area (TPSA) is 43.8 Å². The Labute approximate surface area is 78.1 Å². The number of aliphatic hydroxyl groups is 1. The van der Waals surface area contributed by atoms with Gasteiger partial charge in [-0.3, -0.25) is 9.69 Å². The number of nitrogens with zero attached hydrogens (tertiary/aromatic N) is 2. The van der Waals surface area contributed by atoms with Crippen LogP contribution in [0.4, 0.5) is 0 Å². The predicted octanol–water partition coefficient (Wildman–Crippen LogP) is -0.716. The van der Waals surface area contributed by atoms with Crippen molar-refractivity contribution >= 4 is 5.91 Å². The summed E-state index contributed by atoms with van der Waals surface area (Å²) >= 11 is 0. The highest BCUT2D eigenvalue weighted by Crippen LogP contribution is 2.31. The van der Waals surface area contributed by atoms with Gasteiger partial charge in [0.2, 0.25) is 5.91 Å². The summed E-state index contributed by atoms with van der Waals surface area (Å²) in [7, 11) is 2.01. The summed E-state index contributed by atoms with van der Waals surface area (Å²) in [5, 5.41) is 8.66. The molecule has 13 heavy (non-hydrogen) atoms. The fourth-order valence-electron chi connectivity index (χ4n) is 2.20. The molecule has 3 heterocycles. The number of aliphatic hydroxyl groups excluding tert-OH is 1. The predicted molar refractivity (Wildman–Crippen MR) is 48.2 cm³/mol. The first-order chi connectivity index (χ1) is 6.24. The van der Waals surface area contributed by atoms with E-state index in [4.69, 9.17) is 5.11 Å². The largest absolute Gasteiger partial charge is 0.396 e. The molecule has 1 amide bonds. The van der Waals surface area contributed by atoms with Gasteiger partial charge in [-0.2, -0.15) is 0 Å². The lowest BCUT2D eigenvalue weighted by molar-refractivity contribution is -0.156. The number of likely N-dealkylation sites (N-methyl/N-ethyl adjacent to an activating group) is 1. The summed E-state index contributed by atoms with van der Waals surface area (Å²) in [4.78, 5) is 15.7. The van der Waals surface area contributed by atoms with Gasteiger partial charge in [0.15, 0.2) is 0 Å². The smallest absolute Gasteiger partial charge is 0.240 e. The van der Waals surface area contributed by atoms with Gasteiger partial charge in [0, 0.05) is 25.7 Å². The minimum atomic E-state index is 0.137. The molecule has 4 heteroatoms. The maximum Gasteiger partial charge on any atom is 0.240 e. The van der Waals surface area contributed by atoms with Crippen molar-refractivity contribution in [3.63, 3.8) is 0 Å². The molecule has 0 aromatic rings. The van der Waals surface area contributed by atoms with Crippen LogP contribution in [0.5, 0.6) is 0 Å². The molecule has 74 valence electrons. The molecule has 2 unspecified atom stereocenters. The molecule has 0 aromatic carbocycles. The van der Waals surface area contributed by atoms with Crippen molar-refractivity contribution in [2.24, 2.45) is 0 Å². The number of carbonyl (C=O) groups is 1. The molecule has 4 nitrogen and oxygen atoms in total. The molecule has 2 atom stereocenters. The zero-order chi connectivity index (χ0) is 9.42. The third-order valence-corrected chi connectivity index (χ3v) is 3.18. The van der Waals surface area contributed by atoms with E-state index in [0.29, 0.717) is 12.5 Å². The Hall–Kier alpha value is -0.610. The molecule has 3 rings (SSSR count). The van der Waals surface area contributed by atoms with Crippen LogP contribution in [0.3, 0.4) is 0 Å². The fourth-order valence-corrected chi connectivity index (χ4v) is 2.20. The zero-order valence-corrected chi connectivity index (χ0v) is 7.94. The van der Waals surface area contributed by atoms with Crippen LogP contribution in [0.2, 0.25) is 0 Å². The van der Waals surface area contributed by atoms with E-state index in [2.05, 4.69) is 4.90 Å². The highest BCUT2D eigenvalue weighted by atomic mass is 16.3. The third-order valence-electron chi connectivity index (χ3n) is 3.18. The van der Waals surface area contributed by atoms with Gasteiger partial charge >= 0.3 is 0 Å². The SMILES string of the molecule is CN1C2CC1C(=O)N(CCCO)C2. The molecule has 0 saturated carbocycles. The first kappa shape index (κ1) is 8.97. The van der Waals surface area contributed by atoms with Crippen molar-refractivity contribution in [1.29, 1.82) is 0 Å². The molecule has 1 N–H and O–H groups in total. The van der Waals surface area contributed by atoms with Crippen LogP contribution in [0, 0.1) is 0 Å². The van der Waals surface area contributed by atoms with Crippen molar-refractivity contribution in [3.8, 4) is 0 Å². The molecule has 3 saturated heterocycles. The highest BCUT2D eigenvalue weighted by molar-refractivity contribution is 5.84. The number of carbonyl (C=O) groups excluding carboxylic acids is 1. The zero-order valence-electron chi connectivity index (χ0n) is 7.94. The van der Waals surface area contributed by atoms with Crippen molar-refractivity contribution in [1.82, 2.24) is 9.80 Å². The second-order valence-electron chi connectivity index (χ2n) is 3.93. The van der Waals surface area contributed by atoms with E-state index >= 15 is 0 Å². The van der Waals surface area contributed by atoms with Gasteiger partial charge in [0.25, 0.3) is 0 Å². The van der Waals surface area contributed by atoms with Crippen LogP contribution in [0.1, 0.15) is 12.8 Å². The first-order valence-electron chi connectivity index (χ1n) is 4.85. The minimum Gasteiger partial charge on any atom is -0.396 e. The third kappa shape index (κ3) is 1.34. The van der Waals surface area contributed by atoms with E-state index < -0.39 is 0 Å². The van der Waals surface area contributed by atoms with Gasteiger partial charge in [-0.15, -0.1) is 0 Å². The Balaban J connectivity index is 1.91. The van der Waals surface area contributed by atoms with E-state index in [9.17, 15) is 4.79 Å². The standard InChI is InChI=1S/C9H16N2O2/c1-10-7-5-8(10)9(13)11(6-7)3-2-4-12/h7-8,12H,2-6H2,1H3. The Morgan fingerprint density at radius 3 is 2.92 bits per heavy atom. The summed E-state index contributed by atoms with van der Waals surface area (Å²) in [6.45, 7) is 1.75.